The van der Waals surface area contributed by atoms with Crippen molar-refractivity contribution in [3.63, 3.8) is 0 Å². The van der Waals surface area contributed by atoms with Crippen LogP contribution in [0.3, 0.4) is 0 Å². The van der Waals surface area contributed by atoms with Gasteiger partial charge in [-0.15, -0.1) is 0 Å². The Hall–Kier alpha value is -1.58. The number of aliphatic hydroxyl groups is 1. The van der Waals surface area contributed by atoms with E-state index in [1.54, 1.807) is 16.8 Å². The monoisotopic (exact) mass is 445 g/mol. The Morgan fingerprint density at radius 3 is 2.88 bits per heavy atom. The average Bonchev–Trinajstić information content (AvgIpc) is 3.00. The zero-order chi connectivity index (χ0) is 19.1. The van der Waals surface area contributed by atoms with Crippen LogP contribution in [-0.2, 0) is 4.74 Å². The molecule has 0 aliphatic carbocycles. The summed E-state index contributed by atoms with van der Waals surface area (Å²) in [6.45, 7) is 6.06. The molecule has 1 saturated heterocycles. The third-order valence-corrected chi connectivity index (χ3v) is 5.01. The highest BCUT2D eigenvalue weighted by atomic mass is 79.9. The molecular weight excluding hydrogens is 426 g/mol. The van der Waals surface area contributed by atoms with Gasteiger partial charge in [0.2, 0.25) is 0 Å². The van der Waals surface area contributed by atoms with E-state index in [1.165, 1.54) is 4.90 Å². The molecule has 2 atom stereocenters. The van der Waals surface area contributed by atoms with Crippen LogP contribution in [0.4, 0.5) is 10.6 Å². The maximum atomic E-state index is 12.3. The summed E-state index contributed by atoms with van der Waals surface area (Å²) in [6, 6.07) is -0.202. The number of carbonyl (C=O) groups is 1. The normalized spacial score (nSPS) is 21.1. The average molecular weight is 447 g/mol. The van der Waals surface area contributed by atoms with E-state index >= 15 is 0 Å². The second kappa shape index (κ2) is 7.21. The van der Waals surface area contributed by atoms with Gasteiger partial charge in [0, 0.05) is 25.0 Å². The lowest BCUT2D eigenvalue weighted by molar-refractivity contribution is 0.00179. The number of hydrogen-bond acceptors (Lipinski definition) is 6. The van der Waals surface area contributed by atoms with Gasteiger partial charge < -0.3 is 20.1 Å². The lowest BCUT2D eigenvalue weighted by Crippen LogP contribution is -2.52. The van der Waals surface area contributed by atoms with Crippen molar-refractivity contribution in [2.45, 2.75) is 44.9 Å². The fourth-order valence-corrected chi connectivity index (χ4v) is 3.42. The predicted octanol–water partition coefficient (Wildman–Crippen LogP) is 2.93. The first-order valence-electron chi connectivity index (χ1n) is 8.24. The highest BCUT2D eigenvalue weighted by Crippen LogP contribution is 2.27. The minimum absolute atomic E-state index is 0.202. The van der Waals surface area contributed by atoms with Crippen LogP contribution >= 0.6 is 27.5 Å². The minimum atomic E-state index is -0.653. The third kappa shape index (κ3) is 4.21. The lowest BCUT2D eigenvalue weighted by atomic mass is 10.0. The van der Waals surface area contributed by atoms with Crippen LogP contribution in [0.1, 0.15) is 27.2 Å². The van der Waals surface area contributed by atoms with Crippen LogP contribution in [-0.4, -0.2) is 61.3 Å². The Kier molecular flexibility index (Phi) is 5.32. The number of nitrogens with one attached hydrogen (secondary N) is 1. The zero-order valence-corrected chi connectivity index (χ0v) is 17.1. The van der Waals surface area contributed by atoms with Gasteiger partial charge in [0.25, 0.3) is 0 Å². The first-order valence-corrected chi connectivity index (χ1v) is 9.41. The third-order valence-electron chi connectivity index (χ3n) is 3.87. The summed E-state index contributed by atoms with van der Waals surface area (Å²) in [5.41, 5.74) is -0.0189. The van der Waals surface area contributed by atoms with Gasteiger partial charge in [0.05, 0.1) is 12.6 Å². The predicted molar refractivity (Wildman–Crippen MR) is 102 cm³/mol. The van der Waals surface area contributed by atoms with Crippen molar-refractivity contribution in [1.29, 1.82) is 0 Å². The number of hydrogen-bond donors (Lipinski definition) is 2. The number of nitrogens with zero attached hydrogens (tertiary/aromatic N) is 4. The van der Waals surface area contributed by atoms with Gasteiger partial charge in [0.1, 0.15) is 15.4 Å². The molecule has 3 rings (SSSR count). The van der Waals surface area contributed by atoms with E-state index < -0.39 is 17.8 Å². The maximum Gasteiger partial charge on any atom is 0.410 e. The molecule has 2 aromatic rings. The van der Waals surface area contributed by atoms with Crippen molar-refractivity contribution in [1.82, 2.24) is 19.3 Å². The molecule has 8 nitrogen and oxygen atoms in total. The number of fused-ring (bicyclic) bond motifs is 1. The molecule has 3 heterocycles. The first kappa shape index (κ1) is 19.2. The molecule has 0 aromatic carbocycles. The van der Waals surface area contributed by atoms with Crippen molar-refractivity contribution in [2.75, 3.05) is 18.4 Å². The molecule has 0 radical (unpaired) electrons. The van der Waals surface area contributed by atoms with E-state index in [2.05, 4.69) is 31.2 Å². The summed E-state index contributed by atoms with van der Waals surface area (Å²) in [6.07, 6.45) is 2.74. The molecule has 0 bridgehead atoms. The fraction of sp³-hybridized carbons (Fsp3) is 0.562. The summed E-state index contributed by atoms with van der Waals surface area (Å²) in [7, 11) is 0. The van der Waals surface area contributed by atoms with Crippen molar-refractivity contribution in [3.05, 3.63) is 22.1 Å². The number of imidazole rings is 1. The van der Waals surface area contributed by atoms with Crippen LogP contribution in [0, 0.1) is 0 Å². The molecule has 0 saturated carbocycles. The van der Waals surface area contributed by atoms with Gasteiger partial charge in [-0.25, -0.2) is 14.8 Å². The lowest BCUT2D eigenvalue weighted by Gasteiger charge is -2.37. The van der Waals surface area contributed by atoms with Crippen molar-refractivity contribution in [3.8, 4) is 0 Å². The van der Waals surface area contributed by atoms with Crippen molar-refractivity contribution in [2.24, 2.45) is 0 Å². The topological polar surface area (TPSA) is 92.0 Å². The number of rotatable bonds is 2. The summed E-state index contributed by atoms with van der Waals surface area (Å²) in [5.74, 6) is 0.523. The van der Waals surface area contributed by atoms with Crippen LogP contribution in [0.2, 0.25) is 5.15 Å². The van der Waals surface area contributed by atoms with E-state index in [1.807, 2.05) is 20.8 Å². The number of anilines is 1. The molecule has 1 aliphatic rings. The van der Waals surface area contributed by atoms with Gasteiger partial charge >= 0.3 is 6.09 Å². The molecule has 2 N–H and O–H groups in total. The molecule has 0 spiro atoms. The SMILES string of the molecule is CC(C)(C)OC(=O)N1C[C@H](O)C[C@H](Nc2nc(Br)c(Cl)n3ccnc23)C1. The molecule has 26 heavy (non-hydrogen) atoms. The molecule has 10 heteroatoms. The largest absolute Gasteiger partial charge is 0.444 e. The maximum absolute atomic E-state index is 12.3. The fourth-order valence-electron chi connectivity index (χ4n) is 2.87. The van der Waals surface area contributed by atoms with E-state index in [9.17, 15) is 9.90 Å². The van der Waals surface area contributed by atoms with E-state index in [-0.39, 0.29) is 12.6 Å². The smallest absolute Gasteiger partial charge is 0.410 e. The van der Waals surface area contributed by atoms with Gasteiger partial charge in [-0.1, -0.05) is 11.6 Å². The molecule has 142 valence electrons. The second-order valence-electron chi connectivity index (χ2n) is 7.28. The van der Waals surface area contributed by atoms with E-state index in [0.29, 0.717) is 34.2 Å². The molecule has 1 aliphatic heterocycles. The van der Waals surface area contributed by atoms with Crippen LogP contribution in [0.25, 0.3) is 5.65 Å². The Morgan fingerprint density at radius 2 is 2.19 bits per heavy atom. The Morgan fingerprint density at radius 1 is 1.46 bits per heavy atom. The Bertz CT molecular complexity index is 822. The Balaban J connectivity index is 1.79. The number of aromatic nitrogens is 3. The highest BCUT2D eigenvalue weighted by molar-refractivity contribution is 9.10. The van der Waals surface area contributed by atoms with Gasteiger partial charge in [-0.2, -0.15) is 0 Å². The zero-order valence-electron chi connectivity index (χ0n) is 14.7. The highest BCUT2D eigenvalue weighted by Gasteiger charge is 2.32. The number of halogens is 2. The van der Waals surface area contributed by atoms with Crippen molar-refractivity contribution >= 4 is 45.1 Å². The van der Waals surface area contributed by atoms with E-state index in [0.717, 1.165) is 0 Å². The standard InChI is InChI=1S/C16H21BrClN5O3/c1-16(2,3)26-15(25)22-7-9(6-10(24)8-22)20-13-14-19-4-5-23(14)12(18)11(17)21-13/h4-5,9-10,24H,6-8H2,1-3H3,(H,20,21)/t9-,10+/m0/s1. The summed E-state index contributed by atoms with van der Waals surface area (Å²) >= 11 is 9.54. The molecule has 1 fully saturated rings. The summed E-state index contributed by atoms with van der Waals surface area (Å²) in [5, 5.41) is 13.9. The van der Waals surface area contributed by atoms with Gasteiger partial charge in [0.15, 0.2) is 11.5 Å². The number of likely N-dealkylation sites (tertiary alicyclic amines) is 1. The van der Waals surface area contributed by atoms with Crippen LogP contribution in [0.15, 0.2) is 17.0 Å². The number of ether oxygens (including phenoxy) is 1. The summed E-state index contributed by atoms with van der Waals surface area (Å²) in [4.78, 5) is 22.5. The number of amides is 1. The quantitative estimate of drug-likeness (QED) is 0.737. The summed E-state index contributed by atoms with van der Waals surface area (Å²) < 4.78 is 7.59. The Labute approximate surface area is 164 Å². The minimum Gasteiger partial charge on any atom is -0.444 e. The van der Waals surface area contributed by atoms with Gasteiger partial charge in [-0.05, 0) is 43.1 Å². The van der Waals surface area contributed by atoms with Gasteiger partial charge in [-0.3, -0.25) is 4.40 Å². The molecule has 1 amide bonds. The molecule has 0 unspecified atom stereocenters. The second-order valence-corrected chi connectivity index (χ2v) is 8.39. The number of carbonyl (C=O) groups excluding carboxylic acids is 1. The number of piperidine rings is 1. The van der Waals surface area contributed by atoms with Crippen molar-refractivity contribution < 1.29 is 14.6 Å². The molecule has 2 aromatic heterocycles. The van der Waals surface area contributed by atoms with E-state index in [4.69, 9.17) is 16.3 Å². The molecular formula is C16H21BrClN5O3. The van der Waals surface area contributed by atoms with Crippen LogP contribution in [0.5, 0.6) is 0 Å². The number of β-amino-alcohol motifs (C(OH)–C–C–N with tert-alkyl or cyclic N) is 1. The number of aliphatic hydroxyl groups excluding tert-OH is 1. The van der Waals surface area contributed by atoms with Crippen LogP contribution < -0.4 is 5.32 Å². The first-order chi connectivity index (χ1) is 12.1.